The highest BCUT2D eigenvalue weighted by molar-refractivity contribution is 7.92. The molecule has 2 aromatic carbocycles. The highest BCUT2D eigenvalue weighted by Crippen LogP contribution is 2.24. The number of amides is 2. The van der Waals surface area contributed by atoms with E-state index in [2.05, 4.69) is 19.2 Å². The molecule has 0 aliphatic rings. The van der Waals surface area contributed by atoms with Gasteiger partial charge in [-0.25, -0.2) is 8.42 Å². The first-order valence-electron chi connectivity index (χ1n) is 12.2. The second-order valence-corrected chi connectivity index (χ2v) is 12.0. The summed E-state index contributed by atoms with van der Waals surface area (Å²) in [5.41, 5.74) is 2.13. The SMILES string of the molecule is CCC(C(=O)NCC(C)C)N(Cc1ccccc1Cl)C(=O)CN(c1ccc(C(C)C)cc1)S(C)(=O)=O. The first-order chi connectivity index (χ1) is 16.8. The lowest BCUT2D eigenvalue weighted by molar-refractivity contribution is -0.140. The zero-order chi connectivity index (χ0) is 27.0. The summed E-state index contributed by atoms with van der Waals surface area (Å²) in [7, 11) is -3.78. The Morgan fingerprint density at radius 2 is 1.61 bits per heavy atom. The summed E-state index contributed by atoms with van der Waals surface area (Å²) in [5, 5.41) is 3.37. The van der Waals surface area contributed by atoms with Crippen molar-refractivity contribution in [2.75, 3.05) is 23.7 Å². The van der Waals surface area contributed by atoms with Gasteiger partial charge >= 0.3 is 0 Å². The summed E-state index contributed by atoms with van der Waals surface area (Å²) >= 11 is 6.37. The number of hydrogen-bond donors (Lipinski definition) is 1. The van der Waals surface area contributed by atoms with Gasteiger partial charge in [0.2, 0.25) is 21.8 Å². The van der Waals surface area contributed by atoms with Crippen LogP contribution in [0.2, 0.25) is 5.02 Å². The van der Waals surface area contributed by atoms with E-state index < -0.39 is 28.5 Å². The summed E-state index contributed by atoms with van der Waals surface area (Å²) < 4.78 is 26.5. The first kappa shape index (κ1) is 29.6. The van der Waals surface area contributed by atoms with Gasteiger partial charge in [-0.1, -0.05) is 76.6 Å². The van der Waals surface area contributed by atoms with Crippen molar-refractivity contribution >= 4 is 39.1 Å². The molecule has 7 nitrogen and oxygen atoms in total. The van der Waals surface area contributed by atoms with Gasteiger partial charge in [0.25, 0.3) is 0 Å². The number of halogens is 1. The Morgan fingerprint density at radius 1 is 1.00 bits per heavy atom. The van der Waals surface area contributed by atoms with Crippen molar-refractivity contribution in [3.05, 3.63) is 64.7 Å². The minimum absolute atomic E-state index is 0.0794. The third kappa shape index (κ3) is 8.23. The van der Waals surface area contributed by atoms with Gasteiger partial charge < -0.3 is 10.2 Å². The van der Waals surface area contributed by atoms with Crippen molar-refractivity contribution in [3.8, 4) is 0 Å². The predicted molar refractivity (Wildman–Crippen MR) is 147 cm³/mol. The van der Waals surface area contributed by atoms with Gasteiger partial charge in [-0.3, -0.25) is 13.9 Å². The molecule has 0 aliphatic carbocycles. The third-order valence-corrected chi connectivity index (χ3v) is 7.41. The fourth-order valence-electron chi connectivity index (χ4n) is 3.79. The summed E-state index contributed by atoms with van der Waals surface area (Å²) in [6, 6.07) is 13.5. The van der Waals surface area contributed by atoms with Crippen molar-refractivity contribution in [3.63, 3.8) is 0 Å². The molecule has 1 atom stereocenters. The number of nitrogens with zero attached hydrogens (tertiary/aromatic N) is 2. The van der Waals surface area contributed by atoms with E-state index in [1.165, 1.54) is 4.90 Å². The molecule has 0 aliphatic heterocycles. The highest BCUT2D eigenvalue weighted by atomic mass is 35.5. The van der Waals surface area contributed by atoms with Crippen LogP contribution < -0.4 is 9.62 Å². The van der Waals surface area contributed by atoms with Gasteiger partial charge in [-0.15, -0.1) is 0 Å². The Balaban J connectivity index is 2.43. The molecule has 198 valence electrons. The van der Waals surface area contributed by atoms with Crippen LogP contribution in [0.1, 0.15) is 58.1 Å². The van der Waals surface area contributed by atoms with E-state index in [0.717, 1.165) is 16.1 Å². The molecule has 0 heterocycles. The second kappa shape index (κ2) is 13.1. The lowest BCUT2D eigenvalue weighted by Crippen LogP contribution is -2.52. The Bertz CT molecular complexity index is 1130. The molecule has 2 rings (SSSR count). The van der Waals surface area contributed by atoms with E-state index >= 15 is 0 Å². The molecule has 0 saturated heterocycles. The summed E-state index contributed by atoms with van der Waals surface area (Å²) in [5.74, 6) is -0.236. The maximum atomic E-state index is 13.7. The Labute approximate surface area is 220 Å². The molecule has 2 amide bonds. The smallest absolute Gasteiger partial charge is 0.244 e. The number of hydrogen-bond acceptors (Lipinski definition) is 4. The van der Waals surface area contributed by atoms with Crippen LogP contribution in [0.15, 0.2) is 48.5 Å². The Hall–Kier alpha value is -2.58. The van der Waals surface area contributed by atoms with Crippen LogP contribution in [-0.4, -0.2) is 50.5 Å². The number of carbonyl (C=O) groups is 2. The fraction of sp³-hybridized carbons (Fsp3) is 0.481. The summed E-state index contributed by atoms with van der Waals surface area (Å²) in [6.07, 6.45) is 1.43. The molecule has 9 heteroatoms. The van der Waals surface area contributed by atoms with Crippen LogP contribution in [-0.2, 0) is 26.2 Å². The standard InChI is InChI=1S/C27H38ClN3O4S/c1-7-25(27(33)29-16-19(2)3)30(17-22-10-8-9-11-24(22)28)26(32)18-31(36(6,34)35)23-14-12-21(13-15-23)20(4)5/h8-15,19-20,25H,7,16-18H2,1-6H3,(H,29,33). The zero-order valence-corrected chi connectivity index (χ0v) is 23.6. The minimum atomic E-state index is -3.78. The molecular formula is C27H38ClN3O4S. The maximum Gasteiger partial charge on any atom is 0.244 e. The zero-order valence-electron chi connectivity index (χ0n) is 22.0. The maximum absolute atomic E-state index is 13.7. The molecule has 36 heavy (non-hydrogen) atoms. The largest absolute Gasteiger partial charge is 0.354 e. The lowest BCUT2D eigenvalue weighted by atomic mass is 10.0. The minimum Gasteiger partial charge on any atom is -0.354 e. The summed E-state index contributed by atoms with van der Waals surface area (Å²) in [6.45, 7) is 10.0. The molecule has 0 spiro atoms. The van der Waals surface area contributed by atoms with E-state index in [1.54, 1.807) is 30.3 Å². The van der Waals surface area contributed by atoms with Crippen molar-refractivity contribution in [2.24, 2.45) is 5.92 Å². The number of carbonyl (C=O) groups excluding carboxylic acids is 2. The predicted octanol–water partition coefficient (Wildman–Crippen LogP) is 4.81. The molecule has 0 fully saturated rings. The Kier molecular flexibility index (Phi) is 10.8. The molecule has 1 N–H and O–H groups in total. The van der Waals surface area contributed by atoms with Crippen LogP contribution in [0.3, 0.4) is 0 Å². The normalized spacial score (nSPS) is 12.5. The highest BCUT2D eigenvalue weighted by Gasteiger charge is 2.32. The molecule has 0 aromatic heterocycles. The average molecular weight is 536 g/mol. The number of anilines is 1. The molecule has 2 aromatic rings. The van der Waals surface area contributed by atoms with Gasteiger partial charge in [0.05, 0.1) is 11.9 Å². The number of nitrogens with one attached hydrogen (secondary N) is 1. The van der Waals surface area contributed by atoms with E-state index in [0.29, 0.717) is 29.2 Å². The molecule has 0 bridgehead atoms. The lowest BCUT2D eigenvalue weighted by Gasteiger charge is -2.33. The van der Waals surface area contributed by atoms with E-state index in [-0.39, 0.29) is 24.3 Å². The molecule has 0 radical (unpaired) electrons. The van der Waals surface area contributed by atoms with Crippen molar-refractivity contribution in [1.29, 1.82) is 0 Å². The van der Waals surface area contributed by atoms with Crippen LogP contribution in [0.5, 0.6) is 0 Å². The molecular weight excluding hydrogens is 498 g/mol. The number of benzene rings is 2. The van der Waals surface area contributed by atoms with Gasteiger partial charge in [-0.2, -0.15) is 0 Å². The average Bonchev–Trinajstić information content (AvgIpc) is 2.81. The monoisotopic (exact) mass is 535 g/mol. The van der Waals surface area contributed by atoms with E-state index in [9.17, 15) is 18.0 Å². The van der Waals surface area contributed by atoms with Gasteiger partial charge in [0, 0.05) is 18.1 Å². The topological polar surface area (TPSA) is 86.8 Å². The molecule has 1 unspecified atom stereocenters. The van der Waals surface area contributed by atoms with Crippen LogP contribution in [0.25, 0.3) is 0 Å². The quantitative estimate of drug-likeness (QED) is 0.422. The van der Waals surface area contributed by atoms with Crippen molar-refractivity contribution < 1.29 is 18.0 Å². The van der Waals surface area contributed by atoms with E-state index in [1.807, 2.05) is 39.0 Å². The third-order valence-electron chi connectivity index (χ3n) is 5.90. The van der Waals surface area contributed by atoms with Gasteiger partial charge in [-0.05, 0) is 47.6 Å². The van der Waals surface area contributed by atoms with Crippen LogP contribution in [0.4, 0.5) is 5.69 Å². The van der Waals surface area contributed by atoms with Crippen molar-refractivity contribution in [1.82, 2.24) is 10.2 Å². The van der Waals surface area contributed by atoms with Crippen LogP contribution >= 0.6 is 11.6 Å². The van der Waals surface area contributed by atoms with Gasteiger partial charge in [0.1, 0.15) is 12.6 Å². The number of sulfonamides is 1. The van der Waals surface area contributed by atoms with Gasteiger partial charge in [0.15, 0.2) is 0 Å². The summed E-state index contributed by atoms with van der Waals surface area (Å²) in [4.78, 5) is 28.2. The van der Waals surface area contributed by atoms with Crippen LogP contribution in [0, 0.1) is 5.92 Å². The van der Waals surface area contributed by atoms with E-state index in [4.69, 9.17) is 11.6 Å². The first-order valence-corrected chi connectivity index (χ1v) is 14.5. The number of rotatable bonds is 12. The second-order valence-electron chi connectivity index (χ2n) is 9.69. The molecule has 0 saturated carbocycles. The fourth-order valence-corrected chi connectivity index (χ4v) is 4.84. The Morgan fingerprint density at radius 3 is 2.11 bits per heavy atom. The van der Waals surface area contributed by atoms with Crippen molar-refractivity contribution in [2.45, 2.75) is 59.5 Å².